The van der Waals surface area contributed by atoms with E-state index in [1.807, 2.05) is 30.3 Å². The Morgan fingerprint density at radius 3 is 2.48 bits per heavy atom. The van der Waals surface area contributed by atoms with Crippen LogP contribution in [0.25, 0.3) is 0 Å². The molecule has 0 spiro atoms. The van der Waals surface area contributed by atoms with Crippen LogP contribution in [0.5, 0.6) is 0 Å². The molecule has 0 aromatic heterocycles. The number of sulfonamides is 1. The minimum absolute atomic E-state index is 0.0433. The van der Waals surface area contributed by atoms with Gasteiger partial charge in [0.25, 0.3) is 0 Å². The maximum absolute atomic E-state index is 13.1. The molecule has 6 heteroatoms. The minimum atomic E-state index is -3.51. The summed E-state index contributed by atoms with van der Waals surface area (Å²) in [5, 5.41) is 0. The van der Waals surface area contributed by atoms with Gasteiger partial charge in [0.15, 0.2) is 0 Å². The highest BCUT2D eigenvalue weighted by Crippen LogP contribution is 2.18. The fraction of sp³-hybridized carbons (Fsp3) is 0.200. The monoisotopic (exact) mass is 308 g/mol. The van der Waals surface area contributed by atoms with Crippen molar-refractivity contribution >= 4 is 15.7 Å². The molecule has 0 saturated heterocycles. The van der Waals surface area contributed by atoms with Gasteiger partial charge in [-0.2, -0.15) is 0 Å². The van der Waals surface area contributed by atoms with Gasteiger partial charge < -0.3 is 5.73 Å². The van der Waals surface area contributed by atoms with Crippen LogP contribution in [0.2, 0.25) is 0 Å². The largest absolute Gasteiger partial charge is 0.326 e. The van der Waals surface area contributed by atoms with E-state index in [4.69, 9.17) is 5.73 Å². The Hall–Kier alpha value is -1.92. The van der Waals surface area contributed by atoms with E-state index in [9.17, 15) is 12.8 Å². The van der Waals surface area contributed by atoms with E-state index in [-0.39, 0.29) is 12.3 Å². The van der Waals surface area contributed by atoms with Crippen molar-refractivity contribution in [2.24, 2.45) is 5.73 Å². The Kier molecular flexibility index (Phi) is 4.93. The predicted molar refractivity (Wildman–Crippen MR) is 81.8 cm³/mol. The number of anilines is 1. The van der Waals surface area contributed by atoms with Gasteiger partial charge in [-0.1, -0.05) is 30.3 Å². The zero-order valence-electron chi connectivity index (χ0n) is 11.4. The molecule has 0 fully saturated rings. The van der Waals surface area contributed by atoms with Crippen molar-refractivity contribution in [2.75, 3.05) is 10.5 Å². The molecule has 0 saturated carbocycles. The molecule has 2 aromatic carbocycles. The van der Waals surface area contributed by atoms with E-state index in [1.54, 1.807) is 0 Å². The van der Waals surface area contributed by atoms with Gasteiger partial charge in [0, 0.05) is 6.54 Å². The lowest BCUT2D eigenvalue weighted by atomic mass is 10.2. The van der Waals surface area contributed by atoms with E-state index in [2.05, 4.69) is 4.72 Å². The number of hydrogen-bond donors (Lipinski definition) is 2. The summed E-state index contributed by atoms with van der Waals surface area (Å²) >= 11 is 0. The number of nitrogens with one attached hydrogen (secondary N) is 1. The second-order valence-electron chi connectivity index (χ2n) is 4.66. The average Bonchev–Trinajstić information content (AvgIpc) is 2.48. The van der Waals surface area contributed by atoms with E-state index in [0.29, 0.717) is 17.7 Å². The lowest BCUT2D eigenvalue weighted by Crippen LogP contribution is -2.19. The zero-order valence-corrected chi connectivity index (χ0v) is 12.2. The lowest BCUT2D eigenvalue weighted by molar-refractivity contribution is 0.600. The third-order valence-corrected chi connectivity index (χ3v) is 4.33. The highest BCUT2D eigenvalue weighted by Gasteiger charge is 2.13. The highest BCUT2D eigenvalue weighted by atomic mass is 32.2. The van der Waals surface area contributed by atoms with Crippen LogP contribution in [-0.2, 0) is 23.0 Å². The van der Waals surface area contributed by atoms with Gasteiger partial charge in [-0.15, -0.1) is 0 Å². The molecular weight excluding hydrogens is 291 g/mol. The molecule has 0 aliphatic rings. The van der Waals surface area contributed by atoms with Gasteiger partial charge in [-0.3, -0.25) is 4.72 Å². The van der Waals surface area contributed by atoms with Gasteiger partial charge in [-0.05, 0) is 35.7 Å². The fourth-order valence-corrected chi connectivity index (χ4v) is 3.09. The van der Waals surface area contributed by atoms with E-state index < -0.39 is 15.8 Å². The van der Waals surface area contributed by atoms with Crippen molar-refractivity contribution < 1.29 is 12.8 Å². The Bertz CT molecular complexity index is 703. The summed E-state index contributed by atoms with van der Waals surface area (Å²) in [6.45, 7) is 0.0638. The number of nitrogens with two attached hydrogens (primary N) is 1. The Labute approximate surface area is 123 Å². The Morgan fingerprint density at radius 2 is 1.81 bits per heavy atom. The van der Waals surface area contributed by atoms with E-state index in [1.165, 1.54) is 18.2 Å². The molecular formula is C15H17FN2O2S. The van der Waals surface area contributed by atoms with Gasteiger partial charge in [0.05, 0.1) is 11.4 Å². The number of aryl methyl sites for hydroxylation is 1. The lowest BCUT2D eigenvalue weighted by Gasteiger charge is -2.11. The maximum atomic E-state index is 13.1. The molecule has 0 radical (unpaired) electrons. The first-order chi connectivity index (χ1) is 10.00. The summed E-state index contributed by atoms with van der Waals surface area (Å²) in [7, 11) is -3.51. The summed E-state index contributed by atoms with van der Waals surface area (Å²) in [5.74, 6) is -0.485. The molecule has 0 bridgehead atoms. The number of rotatable bonds is 6. The van der Waals surface area contributed by atoms with Crippen molar-refractivity contribution in [2.45, 2.75) is 13.0 Å². The Balaban J connectivity index is 2.07. The van der Waals surface area contributed by atoms with Crippen LogP contribution in [0.4, 0.5) is 10.1 Å². The van der Waals surface area contributed by atoms with Crippen LogP contribution in [0, 0.1) is 5.82 Å². The number of hydrogen-bond acceptors (Lipinski definition) is 3. The quantitative estimate of drug-likeness (QED) is 0.860. The SMILES string of the molecule is NCc1cc(F)ccc1NS(=O)(=O)CCc1ccccc1. The van der Waals surface area contributed by atoms with Crippen LogP contribution in [0.3, 0.4) is 0 Å². The first-order valence-electron chi connectivity index (χ1n) is 6.53. The molecule has 0 atom stereocenters. The molecule has 0 aliphatic carbocycles. The normalized spacial score (nSPS) is 11.3. The van der Waals surface area contributed by atoms with Gasteiger partial charge >= 0.3 is 0 Å². The van der Waals surface area contributed by atoms with Crippen LogP contribution >= 0.6 is 0 Å². The molecule has 112 valence electrons. The number of benzene rings is 2. The molecule has 21 heavy (non-hydrogen) atoms. The van der Waals surface area contributed by atoms with Crippen LogP contribution in [0.1, 0.15) is 11.1 Å². The summed E-state index contributed by atoms with van der Waals surface area (Å²) < 4.78 is 39.7. The van der Waals surface area contributed by atoms with Crippen molar-refractivity contribution in [3.05, 3.63) is 65.5 Å². The first-order valence-corrected chi connectivity index (χ1v) is 8.18. The van der Waals surface area contributed by atoms with E-state index in [0.717, 1.165) is 5.56 Å². The molecule has 0 heterocycles. The fourth-order valence-electron chi connectivity index (χ4n) is 1.95. The Morgan fingerprint density at radius 1 is 1.10 bits per heavy atom. The second kappa shape index (κ2) is 6.69. The van der Waals surface area contributed by atoms with Crippen LogP contribution in [-0.4, -0.2) is 14.2 Å². The molecule has 0 amide bonds. The average molecular weight is 308 g/mol. The van der Waals surface area contributed by atoms with Crippen molar-refractivity contribution in [1.29, 1.82) is 0 Å². The topological polar surface area (TPSA) is 72.2 Å². The maximum Gasteiger partial charge on any atom is 0.233 e. The van der Waals surface area contributed by atoms with Gasteiger partial charge in [-0.25, -0.2) is 12.8 Å². The van der Waals surface area contributed by atoms with Crippen molar-refractivity contribution in [1.82, 2.24) is 0 Å². The van der Waals surface area contributed by atoms with Crippen LogP contribution < -0.4 is 10.5 Å². The highest BCUT2D eigenvalue weighted by molar-refractivity contribution is 7.92. The molecule has 3 N–H and O–H groups in total. The third-order valence-electron chi connectivity index (χ3n) is 3.05. The zero-order chi connectivity index (χ0) is 15.3. The second-order valence-corrected chi connectivity index (χ2v) is 6.50. The minimum Gasteiger partial charge on any atom is -0.326 e. The standard InChI is InChI=1S/C15H17FN2O2S/c16-14-6-7-15(13(10-14)11-17)18-21(19,20)9-8-12-4-2-1-3-5-12/h1-7,10,18H,8-9,11,17H2. The first kappa shape index (κ1) is 15.5. The van der Waals surface area contributed by atoms with Crippen molar-refractivity contribution in [3.8, 4) is 0 Å². The third kappa shape index (κ3) is 4.54. The van der Waals surface area contributed by atoms with E-state index >= 15 is 0 Å². The molecule has 2 aromatic rings. The van der Waals surface area contributed by atoms with Crippen LogP contribution in [0.15, 0.2) is 48.5 Å². The summed E-state index contributed by atoms with van der Waals surface area (Å²) in [6, 6.07) is 13.2. The van der Waals surface area contributed by atoms with Gasteiger partial charge in [0.2, 0.25) is 10.0 Å². The predicted octanol–water partition coefficient (Wildman–Crippen LogP) is 2.27. The molecule has 2 rings (SSSR count). The summed E-state index contributed by atoms with van der Waals surface area (Å²) in [4.78, 5) is 0. The molecule has 0 unspecified atom stereocenters. The number of halogens is 1. The molecule has 4 nitrogen and oxygen atoms in total. The summed E-state index contributed by atoms with van der Waals surface area (Å²) in [6.07, 6.45) is 0.412. The van der Waals surface area contributed by atoms with Gasteiger partial charge in [0.1, 0.15) is 5.82 Å². The molecule has 0 aliphatic heterocycles. The summed E-state index contributed by atoms with van der Waals surface area (Å²) in [5.41, 5.74) is 7.20. The van der Waals surface area contributed by atoms with Crippen molar-refractivity contribution in [3.63, 3.8) is 0 Å². The smallest absolute Gasteiger partial charge is 0.233 e.